The van der Waals surface area contributed by atoms with Gasteiger partial charge in [0, 0.05) is 17.9 Å². The highest BCUT2D eigenvalue weighted by atomic mass is 19.2. The van der Waals surface area contributed by atoms with E-state index in [1.165, 1.54) is 0 Å². The molecule has 0 spiro atoms. The van der Waals surface area contributed by atoms with Crippen LogP contribution in [0, 0.1) is 29.1 Å². The van der Waals surface area contributed by atoms with Gasteiger partial charge in [-0.05, 0) is 46.1 Å². The van der Waals surface area contributed by atoms with E-state index in [1.54, 1.807) is 27.7 Å². The van der Waals surface area contributed by atoms with Gasteiger partial charge in [0.05, 0.1) is 12.6 Å². The van der Waals surface area contributed by atoms with Crippen molar-refractivity contribution in [3.63, 3.8) is 0 Å². The van der Waals surface area contributed by atoms with Crippen molar-refractivity contribution in [3.05, 3.63) is 39.5 Å². The Kier molecular flexibility index (Phi) is 9.95. The number of unbranched alkanes of at least 4 members (excludes halogenated alkanes) is 2. The zero-order valence-corrected chi connectivity index (χ0v) is 22.1. The number of rotatable bonds is 11. The van der Waals surface area contributed by atoms with E-state index < -0.39 is 82.7 Å². The second-order valence-corrected chi connectivity index (χ2v) is 10.0. The van der Waals surface area contributed by atoms with Crippen LogP contribution in [-0.4, -0.2) is 61.0 Å². The molecule has 1 N–H and O–H groups in total. The van der Waals surface area contributed by atoms with Crippen molar-refractivity contribution in [3.8, 4) is 5.75 Å². The lowest BCUT2D eigenvalue weighted by molar-refractivity contribution is -0.175. The van der Waals surface area contributed by atoms with E-state index in [0.29, 0.717) is 12.8 Å². The molecule has 2 saturated heterocycles. The van der Waals surface area contributed by atoms with Crippen molar-refractivity contribution in [1.29, 1.82) is 0 Å². The van der Waals surface area contributed by atoms with Gasteiger partial charge in [-0.1, -0.05) is 11.5 Å². The minimum absolute atomic E-state index is 0.0496. The van der Waals surface area contributed by atoms with E-state index in [9.17, 15) is 31.5 Å². The SMILES string of the molecule is CC1(C)O[C@H]([C@@H]2OC(C)(C)O[C@H]2C(=O)NCCCCCC(=O)Oc2c(F)c(F)c(F)c(F)c2F)[C@@H](CN=[N+]=[N-])O1. The van der Waals surface area contributed by atoms with Gasteiger partial charge in [0.1, 0.15) is 12.2 Å². The van der Waals surface area contributed by atoms with Crippen LogP contribution in [0.3, 0.4) is 0 Å². The summed E-state index contributed by atoms with van der Waals surface area (Å²) in [6.07, 6.45) is -2.93. The highest BCUT2D eigenvalue weighted by molar-refractivity contribution is 5.82. The number of hydrogen-bond acceptors (Lipinski definition) is 8. The fourth-order valence-corrected chi connectivity index (χ4v) is 4.35. The van der Waals surface area contributed by atoms with E-state index in [1.807, 2.05) is 0 Å². The molecule has 40 heavy (non-hydrogen) atoms. The Bertz CT molecular complexity index is 1150. The topological polar surface area (TPSA) is 141 Å². The quantitative estimate of drug-likeness (QED) is 0.0473. The monoisotopic (exact) mass is 580 g/mol. The Balaban J connectivity index is 1.48. The first-order valence-electron chi connectivity index (χ1n) is 12.4. The summed E-state index contributed by atoms with van der Waals surface area (Å²) >= 11 is 0. The van der Waals surface area contributed by atoms with Gasteiger partial charge in [-0.25, -0.2) is 13.2 Å². The van der Waals surface area contributed by atoms with E-state index in [0.717, 1.165) is 0 Å². The van der Waals surface area contributed by atoms with E-state index in [2.05, 4.69) is 20.1 Å². The first-order valence-corrected chi connectivity index (χ1v) is 12.4. The number of benzene rings is 1. The number of nitrogens with one attached hydrogen (secondary N) is 1. The molecule has 1 aromatic rings. The van der Waals surface area contributed by atoms with Crippen LogP contribution in [0.15, 0.2) is 5.11 Å². The van der Waals surface area contributed by atoms with Gasteiger partial charge in [-0.15, -0.1) is 0 Å². The summed E-state index contributed by atoms with van der Waals surface area (Å²) in [6.45, 7) is 6.71. The zero-order chi connectivity index (χ0) is 29.8. The highest BCUT2D eigenvalue weighted by Gasteiger charge is 2.55. The largest absolute Gasteiger partial charge is 0.420 e. The summed E-state index contributed by atoms with van der Waals surface area (Å²) in [5.41, 5.74) is 8.68. The van der Waals surface area contributed by atoms with Crippen molar-refractivity contribution in [2.45, 2.75) is 89.4 Å². The van der Waals surface area contributed by atoms with Crippen molar-refractivity contribution in [2.24, 2.45) is 5.11 Å². The molecule has 0 bridgehead atoms. The van der Waals surface area contributed by atoms with Gasteiger partial charge in [-0.3, -0.25) is 9.59 Å². The number of nitrogens with zero attached hydrogens (tertiary/aromatic N) is 3. The Morgan fingerprint density at radius 2 is 1.45 bits per heavy atom. The van der Waals surface area contributed by atoms with Crippen LogP contribution in [0.4, 0.5) is 22.0 Å². The van der Waals surface area contributed by atoms with Gasteiger partial charge in [0.25, 0.3) is 5.91 Å². The Labute approximate surface area is 225 Å². The predicted octanol–water partition coefficient (Wildman–Crippen LogP) is 4.31. The molecule has 4 atom stereocenters. The molecule has 1 aromatic carbocycles. The molecule has 3 rings (SSSR count). The van der Waals surface area contributed by atoms with Crippen LogP contribution in [-0.2, 0) is 28.5 Å². The average molecular weight is 581 g/mol. The molecule has 0 saturated carbocycles. The van der Waals surface area contributed by atoms with Crippen LogP contribution < -0.4 is 10.1 Å². The number of azide groups is 1. The summed E-state index contributed by atoms with van der Waals surface area (Å²) < 4.78 is 94.7. The molecule has 0 aromatic heterocycles. The first kappa shape index (κ1) is 31.5. The lowest BCUT2D eigenvalue weighted by Gasteiger charge is -2.25. The van der Waals surface area contributed by atoms with Crippen LogP contribution in [0.1, 0.15) is 53.4 Å². The van der Waals surface area contributed by atoms with Crippen LogP contribution in [0.2, 0.25) is 0 Å². The lowest BCUT2D eigenvalue weighted by atomic mass is 10.0. The molecular weight excluding hydrogens is 551 g/mol. The van der Waals surface area contributed by atoms with Gasteiger partial charge in [0.2, 0.25) is 34.8 Å². The smallest absolute Gasteiger partial charge is 0.311 e. The maximum absolute atomic E-state index is 13.7. The number of esters is 1. The predicted molar refractivity (Wildman–Crippen MR) is 125 cm³/mol. The molecule has 222 valence electrons. The number of amides is 1. The molecule has 2 fully saturated rings. The Morgan fingerprint density at radius 1 is 0.875 bits per heavy atom. The van der Waals surface area contributed by atoms with Crippen LogP contribution in [0.25, 0.3) is 10.4 Å². The fraction of sp³-hybridized carbons (Fsp3) is 0.667. The standard InChI is InChI=1S/C24H29F5N4O7/c1-23(2)37-11(10-32-33-30)18(38-23)20-21(40-24(3,4)39-20)22(35)31-9-7-5-6-8-12(34)36-19-16(28)14(26)13(25)15(27)17(19)29/h11,18,20-21H,5-10H2,1-4H3,(H,31,35)/t11-,18+,20+,21-/m1/s1. The minimum Gasteiger partial charge on any atom is -0.420 e. The lowest BCUT2D eigenvalue weighted by Crippen LogP contribution is -2.49. The summed E-state index contributed by atoms with van der Waals surface area (Å²) in [5, 5.41) is 6.24. The third-order valence-corrected chi connectivity index (χ3v) is 6.00. The molecule has 16 heteroatoms. The summed E-state index contributed by atoms with van der Waals surface area (Å²) in [7, 11) is 0. The Hall–Kier alpha value is -3.04. The summed E-state index contributed by atoms with van der Waals surface area (Å²) in [5.74, 6) is -16.8. The summed E-state index contributed by atoms with van der Waals surface area (Å²) in [6, 6.07) is 0. The molecule has 11 nitrogen and oxygen atoms in total. The van der Waals surface area contributed by atoms with E-state index >= 15 is 0 Å². The number of hydrogen-bond donors (Lipinski definition) is 1. The number of halogens is 5. The molecule has 2 aliphatic heterocycles. The van der Waals surface area contributed by atoms with Crippen LogP contribution >= 0.6 is 0 Å². The normalized spacial score (nSPS) is 24.9. The third kappa shape index (κ3) is 7.37. The number of carbonyl (C=O) groups is 2. The molecular formula is C24H29F5N4O7. The highest BCUT2D eigenvalue weighted by Crippen LogP contribution is 2.38. The van der Waals surface area contributed by atoms with Gasteiger partial charge >= 0.3 is 5.97 Å². The molecule has 2 heterocycles. The number of carbonyl (C=O) groups excluding carboxylic acids is 2. The average Bonchev–Trinajstić information content (AvgIpc) is 3.38. The summed E-state index contributed by atoms with van der Waals surface area (Å²) in [4.78, 5) is 27.5. The van der Waals surface area contributed by atoms with E-state index in [4.69, 9.17) is 24.5 Å². The van der Waals surface area contributed by atoms with Crippen molar-refractivity contribution in [1.82, 2.24) is 5.32 Å². The molecule has 1 amide bonds. The second kappa shape index (κ2) is 12.6. The second-order valence-electron chi connectivity index (χ2n) is 10.0. The maximum Gasteiger partial charge on any atom is 0.311 e. The van der Waals surface area contributed by atoms with Crippen molar-refractivity contribution in [2.75, 3.05) is 13.1 Å². The molecule has 2 aliphatic rings. The first-order chi connectivity index (χ1) is 18.7. The zero-order valence-electron chi connectivity index (χ0n) is 22.1. The van der Waals surface area contributed by atoms with E-state index in [-0.39, 0.29) is 25.9 Å². The van der Waals surface area contributed by atoms with Crippen molar-refractivity contribution >= 4 is 11.9 Å². The van der Waals surface area contributed by atoms with Gasteiger partial charge < -0.3 is 29.0 Å². The third-order valence-electron chi connectivity index (χ3n) is 6.00. The van der Waals surface area contributed by atoms with Gasteiger partial charge in [0.15, 0.2) is 17.7 Å². The van der Waals surface area contributed by atoms with Crippen molar-refractivity contribution < 1.29 is 55.2 Å². The Morgan fingerprint density at radius 3 is 2.08 bits per heavy atom. The van der Waals surface area contributed by atoms with Crippen LogP contribution in [0.5, 0.6) is 5.75 Å². The molecule has 0 radical (unpaired) electrons. The molecule has 0 aliphatic carbocycles. The fourth-order valence-electron chi connectivity index (χ4n) is 4.35. The van der Waals surface area contributed by atoms with Gasteiger partial charge in [-0.2, -0.15) is 8.78 Å². The maximum atomic E-state index is 13.7. The number of ether oxygens (including phenoxy) is 5. The molecule has 0 unspecified atom stereocenters. The minimum atomic E-state index is -2.36.